The fourth-order valence-electron chi connectivity index (χ4n) is 1.95. The summed E-state index contributed by atoms with van der Waals surface area (Å²) in [7, 11) is 0. The van der Waals surface area contributed by atoms with Crippen molar-refractivity contribution >= 4 is 11.5 Å². The molecule has 0 radical (unpaired) electrons. The first kappa shape index (κ1) is 13.7. The monoisotopic (exact) mass is 295 g/mol. The molecule has 3 aromatic rings. The molecule has 0 saturated carbocycles. The van der Waals surface area contributed by atoms with E-state index in [1.165, 1.54) is 6.33 Å². The van der Waals surface area contributed by atoms with Crippen LogP contribution in [0.2, 0.25) is 0 Å². The summed E-state index contributed by atoms with van der Waals surface area (Å²) in [5.41, 5.74) is 1.42. The Morgan fingerprint density at radius 2 is 2.09 bits per heavy atom. The number of aromatic amines is 1. The molecule has 2 aromatic heterocycles. The minimum atomic E-state index is -0.465. The highest BCUT2D eigenvalue weighted by molar-refractivity contribution is 6.05. The highest BCUT2D eigenvalue weighted by atomic mass is 16.3. The average Bonchev–Trinajstić information content (AvgIpc) is 3.19. The maximum Gasteiger partial charge on any atom is 0.226 e. The zero-order chi connectivity index (χ0) is 15.4. The number of benzene rings is 1. The predicted molar refractivity (Wildman–Crippen MR) is 79.1 cm³/mol. The second-order valence-electron chi connectivity index (χ2n) is 4.61. The number of ketones is 1. The third-order valence-corrected chi connectivity index (χ3v) is 3.01. The molecular formula is C15H13N5O2. The molecule has 0 amide bonds. The fraction of sp³-hybridized carbons (Fsp3) is 0.0667. The molecule has 2 heterocycles. The number of carbonyl (C=O) groups excluding carboxylic acids is 1. The van der Waals surface area contributed by atoms with E-state index in [0.717, 1.165) is 11.6 Å². The highest BCUT2D eigenvalue weighted by Gasteiger charge is 2.10. The Balaban J connectivity index is 1.74. The molecule has 0 unspecified atom stereocenters. The molecule has 22 heavy (non-hydrogen) atoms. The van der Waals surface area contributed by atoms with Crippen LogP contribution in [-0.2, 0) is 6.54 Å². The van der Waals surface area contributed by atoms with E-state index in [1.807, 2.05) is 30.3 Å². The van der Waals surface area contributed by atoms with Crippen molar-refractivity contribution < 1.29 is 9.90 Å². The summed E-state index contributed by atoms with van der Waals surface area (Å²) in [6.07, 6.45) is 4.04. The van der Waals surface area contributed by atoms with E-state index in [2.05, 4.69) is 20.3 Å². The first-order chi connectivity index (χ1) is 10.7. The van der Waals surface area contributed by atoms with E-state index < -0.39 is 5.78 Å². The number of nitrogens with zero attached hydrogens (tertiary/aromatic N) is 4. The number of aromatic nitrogens is 5. The summed E-state index contributed by atoms with van der Waals surface area (Å²) in [4.78, 5) is 15.5. The van der Waals surface area contributed by atoms with Gasteiger partial charge in [0.2, 0.25) is 5.78 Å². The largest absolute Gasteiger partial charge is 0.505 e. The minimum absolute atomic E-state index is 0.0651. The van der Waals surface area contributed by atoms with Crippen LogP contribution in [0.3, 0.4) is 0 Å². The molecule has 0 bridgehead atoms. The quantitative estimate of drug-likeness (QED) is 0.425. The lowest BCUT2D eigenvalue weighted by atomic mass is 10.2. The molecule has 7 heteroatoms. The van der Waals surface area contributed by atoms with Crippen LogP contribution in [0.5, 0.6) is 0 Å². The Bertz CT molecular complexity index is 790. The van der Waals surface area contributed by atoms with Crippen LogP contribution in [0, 0.1) is 0 Å². The molecule has 0 aliphatic rings. The van der Waals surface area contributed by atoms with Crippen LogP contribution < -0.4 is 0 Å². The second-order valence-corrected chi connectivity index (χ2v) is 4.61. The van der Waals surface area contributed by atoms with Crippen LogP contribution in [0.1, 0.15) is 21.9 Å². The number of hydrogen-bond donors (Lipinski definition) is 2. The van der Waals surface area contributed by atoms with Crippen LogP contribution in [0.15, 0.2) is 55.0 Å². The van der Waals surface area contributed by atoms with Crippen molar-refractivity contribution in [2.75, 3.05) is 0 Å². The van der Waals surface area contributed by atoms with Gasteiger partial charge in [-0.2, -0.15) is 10.2 Å². The Hall–Kier alpha value is -3.22. The van der Waals surface area contributed by atoms with Gasteiger partial charge in [0.15, 0.2) is 5.82 Å². The molecular weight excluding hydrogens is 282 g/mol. The molecule has 2 N–H and O–H groups in total. The van der Waals surface area contributed by atoms with Crippen LogP contribution in [-0.4, -0.2) is 35.9 Å². The van der Waals surface area contributed by atoms with Crippen LogP contribution in [0.4, 0.5) is 0 Å². The van der Waals surface area contributed by atoms with Gasteiger partial charge in [-0.05, 0) is 11.6 Å². The second kappa shape index (κ2) is 6.04. The summed E-state index contributed by atoms with van der Waals surface area (Å²) in [5, 5.41) is 20.2. The van der Waals surface area contributed by atoms with Gasteiger partial charge in [0.05, 0.1) is 6.54 Å². The lowest BCUT2D eigenvalue weighted by Crippen LogP contribution is -2.02. The van der Waals surface area contributed by atoms with Crippen molar-refractivity contribution in [2.24, 2.45) is 0 Å². The van der Waals surface area contributed by atoms with Gasteiger partial charge in [-0.1, -0.05) is 30.3 Å². The summed E-state index contributed by atoms with van der Waals surface area (Å²) in [6.45, 7) is 0.587. The lowest BCUT2D eigenvalue weighted by molar-refractivity contribution is 0.103. The van der Waals surface area contributed by atoms with Crippen LogP contribution >= 0.6 is 0 Å². The van der Waals surface area contributed by atoms with E-state index in [4.69, 9.17) is 0 Å². The predicted octanol–water partition coefficient (Wildman–Crippen LogP) is 1.83. The zero-order valence-electron chi connectivity index (χ0n) is 11.5. The molecule has 0 aliphatic carbocycles. The third-order valence-electron chi connectivity index (χ3n) is 3.01. The van der Waals surface area contributed by atoms with E-state index in [9.17, 15) is 9.90 Å². The average molecular weight is 295 g/mol. The molecule has 0 spiro atoms. The Morgan fingerprint density at radius 3 is 2.82 bits per heavy atom. The van der Waals surface area contributed by atoms with Gasteiger partial charge in [-0.25, -0.2) is 4.98 Å². The minimum Gasteiger partial charge on any atom is -0.505 e. The van der Waals surface area contributed by atoms with Crippen LogP contribution in [0.25, 0.3) is 5.76 Å². The van der Waals surface area contributed by atoms with Gasteiger partial charge in [-0.3, -0.25) is 14.6 Å². The SMILES string of the molecule is O=C(C=C(O)c1ccn(Cc2ccccc2)n1)c1ncn[nH]1. The van der Waals surface area contributed by atoms with Crippen molar-refractivity contribution in [3.63, 3.8) is 0 Å². The van der Waals surface area contributed by atoms with Gasteiger partial charge in [0, 0.05) is 12.3 Å². The lowest BCUT2D eigenvalue weighted by Gasteiger charge is -2.01. The van der Waals surface area contributed by atoms with Crippen molar-refractivity contribution in [3.05, 3.63) is 72.1 Å². The van der Waals surface area contributed by atoms with Gasteiger partial charge >= 0.3 is 0 Å². The summed E-state index contributed by atoms with van der Waals surface area (Å²) in [6, 6.07) is 11.5. The number of aliphatic hydroxyl groups is 1. The first-order valence-corrected chi connectivity index (χ1v) is 6.60. The first-order valence-electron chi connectivity index (χ1n) is 6.60. The molecule has 3 rings (SSSR count). The van der Waals surface area contributed by atoms with E-state index in [-0.39, 0.29) is 11.6 Å². The van der Waals surface area contributed by atoms with Gasteiger partial charge in [-0.15, -0.1) is 0 Å². The number of carbonyl (C=O) groups is 1. The number of H-pyrrole nitrogens is 1. The van der Waals surface area contributed by atoms with Crippen molar-refractivity contribution in [2.45, 2.75) is 6.54 Å². The Kier molecular flexibility index (Phi) is 3.78. The van der Waals surface area contributed by atoms with Crippen molar-refractivity contribution in [1.82, 2.24) is 25.0 Å². The third kappa shape index (κ3) is 3.09. The molecule has 0 fully saturated rings. The van der Waals surface area contributed by atoms with Gasteiger partial charge in [0.25, 0.3) is 0 Å². The van der Waals surface area contributed by atoms with E-state index in [0.29, 0.717) is 12.2 Å². The normalized spacial score (nSPS) is 11.5. The van der Waals surface area contributed by atoms with Gasteiger partial charge < -0.3 is 5.11 Å². The number of hydrogen-bond acceptors (Lipinski definition) is 5. The Morgan fingerprint density at radius 1 is 1.27 bits per heavy atom. The van der Waals surface area contributed by atoms with Crippen molar-refractivity contribution in [1.29, 1.82) is 0 Å². The molecule has 0 saturated heterocycles. The summed E-state index contributed by atoms with van der Waals surface area (Å²) in [5.74, 6) is -0.615. The summed E-state index contributed by atoms with van der Waals surface area (Å²) >= 11 is 0. The van der Waals surface area contributed by atoms with E-state index in [1.54, 1.807) is 16.9 Å². The number of nitrogens with one attached hydrogen (secondary N) is 1. The van der Waals surface area contributed by atoms with Crippen molar-refractivity contribution in [3.8, 4) is 0 Å². The topological polar surface area (TPSA) is 96.7 Å². The maximum atomic E-state index is 11.8. The molecule has 1 aromatic carbocycles. The smallest absolute Gasteiger partial charge is 0.226 e. The Labute approximate surface area is 125 Å². The maximum absolute atomic E-state index is 11.8. The van der Waals surface area contributed by atoms with Gasteiger partial charge in [0.1, 0.15) is 17.8 Å². The molecule has 110 valence electrons. The molecule has 0 atom stereocenters. The highest BCUT2D eigenvalue weighted by Crippen LogP contribution is 2.10. The zero-order valence-corrected chi connectivity index (χ0v) is 11.5. The number of allylic oxidation sites excluding steroid dienone is 1. The molecule has 7 nitrogen and oxygen atoms in total. The number of rotatable bonds is 5. The van der Waals surface area contributed by atoms with E-state index >= 15 is 0 Å². The molecule has 0 aliphatic heterocycles. The number of aliphatic hydroxyl groups excluding tert-OH is 1. The fourth-order valence-corrected chi connectivity index (χ4v) is 1.95. The standard InChI is InChI=1S/C15H13N5O2/c21-13(8-14(22)15-16-10-17-18-15)12-6-7-20(19-12)9-11-4-2-1-3-5-11/h1-8,10,21H,9H2,(H,16,17,18). The summed E-state index contributed by atoms with van der Waals surface area (Å²) < 4.78 is 1.69.